The van der Waals surface area contributed by atoms with Crippen LogP contribution < -0.4 is 25.0 Å². The fourth-order valence-corrected chi connectivity index (χ4v) is 4.54. The molecule has 12 heteroatoms. The van der Waals surface area contributed by atoms with Gasteiger partial charge in [0.25, 0.3) is 5.91 Å². The molecule has 0 spiro atoms. The molecule has 0 bridgehead atoms. The predicted octanol–water partition coefficient (Wildman–Crippen LogP) is 3.11. The zero-order valence-corrected chi connectivity index (χ0v) is 19.5. The number of thiazole rings is 1. The van der Waals surface area contributed by atoms with Crippen LogP contribution in [0.25, 0.3) is 10.6 Å². The zero-order valence-electron chi connectivity index (χ0n) is 18.6. The Morgan fingerprint density at radius 3 is 2.62 bits per heavy atom. The van der Waals surface area contributed by atoms with Crippen molar-refractivity contribution >= 4 is 34.7 Å². The maximum absolute atomic E-state index is 13.0. The maximum atomic E-state index is 13.0. The van der Waals surface area contributed by atoms with Crippen LogP contribution in [0.5, 0.6) is 11.9 Å². The number of nitrogens with one attached hydrogen (secondary N) is 2. The number of benzene rings is 1. The SMILES string of the molecule is COc1ncc(-c2nc(C(=O)Nc3ccccc3N3CCC(NC(=O)O)CC3)cs2)c(OC)n1. The van der Waals surface area contributed by atoms with Gasteiger partial charge < -0.3 is 30.1 Å². The van der Waals surface area contributed by atoms with E-state index in [0.29, 0.717) is 48.1 Å². The lowest BCUT2D eigenvalue weighted by molar-refractivity contribution is 0.102. The number of para-hydroxylation sites is 2. The van der Waals surface area contributed by atoms with Crippen molar-refractivity contribution in [2.45, 2.75) is 18.9 Å². The smallest absolute Gasteiger partial charge is 0.404 e. The number of hydrogen-bond donors (Lipinski definition) is 3. The fourth-order valence-electron chi connectivity index (χ4n) is 3.73. The van der Waals surface area contributed by atoms with Crippen LogP contribution in [0.2, 0.25) is 0 Å². The number of aromatic nitrogens is 3. The summed E-state index contributed by atoms with van der Waals surface area (Å²) in [7, 11) is 2.96. The molecule has 2 amide bonds. The molecule has 34 heavy (non-hydrogen) atoms. The van der Waals surface area contributed by atoms with Gasteiger partial charge in [0.1, 0.15) is 10.7 Å². The standard InChI is InChI=1S/C22H24N6O5S/c1-32-19-14(11-23-21(27-19)33-2)20-26-16(12-34-20)18(29)25-15-5-3-4-6-17(15)28-9-7-13(8-10-28)24-22(30)31/h3-6,11-13,24H,7-10H2,1-2H3,(H,25,29)(H,30,31). The number of nitrogens with zero attached hydrogens (tertiary/aromatic N) is 4. The zero-order chi connectivity index (χ0) is 24.1. The number of anilines is 2. The molecule has 1 aromatic carbocycles. The molecular formula is C22H24N6O5S. The number of methoxy groups -OCH3 is 2. The summed E-state index contributed by atoms with van der Waals surface area (Å²) in [6.45, 7) is 1.35. The number of amides is 2. The van der Waals surface area contributed by atoms with Crippen molar-refractivity contribution in [1.82, 2.24) is 20.3 Å². The van der Waals surface area contributed by atoms with Crippen LogP contribution in [0.15, 0.2) is 35.8 Å². The highest BCUT2D eigenvalue weighted by Gasteiger charge is 2.23. The Morgan fingerprint density at radius 2 is 1.91 bits per heavy atom. The second-order valence-electron chi connectivity index (χ2n) is 7.50. The third-order valence-corrected chi connectivity index (χ3v) is 6.27. The first-order valence-corrected chi connectivity index (χ1v) is 11.4. The number of carbonyl (C=O) groups is 2. The van der Waals surface area contributed by atoms with Crippen LogP contribution in [0.1, 0.15) is 23.3 Å². The molecule has 1 aliphatic heterocycles. The van der Waals surface area contributed by atoms with E-state index in [1.54, 1.807) is 11.6 Å². The van der Waals surface area contributed by atoms with Gasteiger partial charge in [-0.15, -0.1) is 11.3 Å². The molecule has 11 nitrogen and oxygen atoms in total. The van der Waals surface area contributed by atoms with E-state index in [2.05, 4.69) is 30.5 Å². The number of carbonyl (C=O) groups excluding carboxylic acids is 1. The lowest BCUT2D eigenvalue weighted by Crippen LogP contribution is -2.44. The van der Waals surface area contributed by atoms with E-state index in [-0.39, 0.29) is 23.7 Å². The van der Waals surface area contributed by atoms with Gasteiger partial charge in [0, 0.05) is 30.7 Å². The van der Waals surface area contributed by atoms with Crippen LogP contribution >= 0.6 is 11.3 Å². The van der Waals surface area contributed by atoms with Gasteiger partial charge in [-0.1, -0.05) is 12.1 Å². The van der Waals surface area contributed by atoms with E-state index in [9.17, 15) is 9.59 Å². The highest BCUT2D eigenvalue weighted by atomic mass is 32.1. The number of carboxylic acid groups (broad SMARTS) is 1. The largest absolute Gasteiger partial charge is 0.480 e. The average Bonchev–Trinajstić information content (AvgIpc) is 3.34. The van der Waals surface area contributed by atoms with Crippen molar-refractivity contribution in [3.63, 3.8) is 0 Å². The first-order valence-electron chi connectivity index (χ1n) is 10.5. The summed E-state index contributed by atoms with van der Waals surface area (Å²) < 4.78 is 10.3. The van der Waals surface area contributed by atoms with Crippen molar-refractivity contribution in [2.24, 2.45) is 0 Å². The highest BCUT2D eigenvalue weighted by Crippen LogP contribution is 2.32. The second kappa shape index (κ2) is 10.3. The predicted molar refractivity (Wildman–Crippen MR) is 127 cm³/mol. The molecule has 0 saturated carbocycles. The Kier molecular flexibility index (Phi) is 7.07. The Morgan fingerprint density at radius 1 is 1.15 bits per heavy atom. The summed E-state index contributed by atoms with van der Waals surface area (Å²) in [4.78, 5) is 38.7. The summed E-state index contributed by atoms with van der Waals surface area (Å²) in [5.74, 6) is -0.0370. The van der Waals surface area contributed by atoms with Crippen LogP contribution in [0.3, 0.4) is 0 Å². The molecule has 1 aliphatic rings. The minimum Gasteiger partial charge on any atom is -0.480 e. The summed E-state index contributed by atoms with van der Waals surface area (Å²) in [6, 6.07) is 7.64. The van der Waals surface area contributed by atoms with Crippen molar-refractivity contribution in [3.05, 3.63) is 41.5 Å². The van der Waals surface area contributed by atoms with E-state index in [1.807, 2.05) is 24.3 Å². The van der Waals surface area contributed by atoms with E-state index in [1.165, 1.54) is 25.6 Å². The Labute approximate surface area is 199 Å². The van der Waals surface area contributed by atoms with E-state index in [4.69, 9.17) is 14.6 Å². The maximum Gasteiger partial charge on any atom is 0.404 e. The van der Waals surface area contributed by atoms with Gasteiger partial charge in [-0.2, -0.15) is 4.98 Å². The molecule has 3 aromatic rings. The van der Waals surface area contributed by atoms with Gasteiger partial charge in [-0.3, -0.25) is 4.79 Å². The summed E-state index contributed by atoms with van der Waals surface area (Å²) in [5, 5.41) is 16.6. The number of ether oxygens (including phenoxy) is 2. The third-order valence-electron chi connectivity index (χ3n) is 5.39. The molecule has 0 atom stereocenters. The van der Waals surface area contributed by atoms with Gasteiger partial charge >= 0.3 is 12.1 Å². The minimum atomic E-state index is -1.01. The van der Waals surface area contributed by atoms with Gasteiger partial charge in [0.05, 0.1) is 31.2 Å². The number of rotatable bonds is 7. The van der Waals surface area contributed by atoms with E-state index < -0.39 is 6.09 Å². The number of hydrogen-bond acceptors (Lipinski definition) is 9. The average molecular weight is 485 g/mol. The molecule has 2 aromatic heterocycles. The molecule has 0 aliphatic carbocycles. The first-order chi connectivity index (χ1) is 16.5. The van der Waals surface area contributed by atoms with E-state index >= 15 is 0 Å². The molecule has 4 rings (SSSR count). The second-order valence-corrected chi connectivity index (χ2v) is 8.36. The fraction of sp³-hybridized carbons (Fsp3) is 0.318. The highest BCUT2D eigenvalue weighted by molar-refractivity contribution is 7.13. The molecule has 3 heterocycles. The molecule has 178 valence electrons. The molecule has 1 saturated heterocycles. The van der Waals surface area contributed by atoms with Gasteiger partial charge in [0.15, 0.2) is 0 Å². The Hall–Kier alpha value is -3.93. The topological polar surface area (TPSA) is 139 Å². The van der Waals surface area contributed by atoms with Crippen LogP contribution in [-0.4, -0.2) is 65.4 Å². The minimum absolute atomic E-state index is 0.0668. The van der Waals surface area contributed by atoms with Crippen LogP contribution in [0, 0.1) is 0 Å². The monoisotopic (exact) mass is 484 g/mol. The van der Waals surface area contributed by atoms with Crippen molar-refractivity contribution < 1.29 is 24.2 Å². The molecule has 1 fully saturated rings. The Bertz CT molecular complexity index is 1180. The van der Waals surface area contributed by atoms with Crippen molar-refractivity contribution in [3.8, 4) is 22.5 Å². The quantitative estimate of drug-likeness (QED) is 0.461. The molecule has 0 radical (unpaired) electrons. The normalized spacial score (nSPS) is 13.9. The van der Waals surface area contributed by atoms with Crippen molar-refractivity contribution in [2.75, 3.05) is 37.5 Å². The van der Waals surface area contributed by atoms with Crippen LogP contribution in [-0.2, 0) is 0 Å². The lowest BCUT2D eigenvalue weighted by atomic mass is 10.0. The number of piperidine rings is 1. The van der Waals surface area contributed by atoms with Gasteiger partial charge in [-0.25, -0.2) is 14.8 Å². The van der Waals surface area contributed by atoms with Gasteiger partial charge in [0.2, 0.25) is 5.88 Å². The molecule has 3 N–H and O–H groups in total. The molecule has 0 unspecified atom stereocenters. The summed E-state index contributed by atoms with van der Waals surface area (Å²) in [5.41, 5.74) is 2.37. The third kappa shape index (κ3) is 5.17. The summed E-state index contributed by atoms with van der Waals surface area (Å²) >= 11 is 1.28. The van der Waals surface area contributed by atoms with Crippen LogP contribution in [0.4, 0.5) is 16.2 Å². The van der Waals surface area contributed by atoms with E-state index in [0.717, 1.165) is 5.69 Å². The van der Waals surface area contributed by atoms with Crippen molar-refractivity contribution in [1.29, 1.82) is 0 Å². The lowest BCUT2D eigenvalue weighted by Gasteiger charge is -2.34. The van der Waals surface area contributed by atoms with Gasteiger partial charge in [-0.05, 0) is 25.0 Å². The summed E-state index contributed by atoms with van der Waals surface area (Å²) in [6.07, 6.45) is 1.92. The Balaban J connectivity index is 1.48. The first kappa shape index (κ1) is 23.2. The molecular weight excluding hydrogens is 460 g/mol.